The van der Waals surface area contributed by atoms with Gasteiger partial charge in [-0.2, -0.15) is 13.2 Å². The van der Waals surface area contributed by atoms with Crippen molar-refractivity contribution in [1.29, 1.82) is 0 Å². The molecule has 6 nitrogen and oxygen atoms in total. The van der Waals surface area contributed by atoms with Gasteiger partial charge in [0.25, 0.3) is 0 Å². The topological polar surface area (TPSA) is 69.0 Å². The lowest BCUT2D eigenvalue weighted by Crippen LogP contribution is -2.29. The molecular formula is C9H11F3N4O2. The van der Waals surface area contributed by atoms with Crippen molar-refractivity contribution in [3.8, 4) is 0 Å². The van der Waals surface area contributed by atoms with E-state index < -0.39 is 18.9 Å². The first-order chi connectivity index (χ1) is 8.46. The van der Waals surface area contributed by atoms with Crippen LogP contribution in [0, 0.1) is 0 Å². The third kappa shape index (κ3) is 3.11. The van der Waals surface area contributed by atoms with Crippen LogP contribution < -0.4 is 5.32 Å². The van der Waals surface area contributed by atoms with Gasteiger partial charge >= 0.3 is 12.3 Å². The van der Waals surface area contributed by atoms with Crippen LogP contribution in [0.25, 0.3) is 0 Å². The Labute approximate surface area is 100 Å². The highest BCUT2D eigenvalue weighted by Crippen LogP contribution is 2.15. The van der Waals surface area contributed by atoms with Crippen LogP contribution in [0.4, 0.5) is 18.0 Å². The number of aryl methyl sites for hydroxylation is 1. The van der Waals surface area contributed by atoms with E-state index in [-0.39, 0.29) is 6.54 Å². The van der Waals surface area contributed by atoms with Crippen molar-refractivity contribution in [2.45, 2.75) is 32.1 Å². The minimum absolute atomic E-state index is 0.00366. The van der Waals surface area contributed by atoms with Gasteiger partial charge in [-0.3, -0.25) is 0 Å². The fourth-order valence-electron chi connectivity index (χ4n) is 1.69. The Kier molecular flexibility index (Phi) is 3.39. The van der Waals surface area contributed by atoms with Crippen molar-refractivity contribution >= 4 is 6.09 Å². The number of hydrogen-bond acceptors (Lipinski definition) is 4. The Morgan fingerprint density at radius 1 is 1.44 bits per heavy atom. The monoisotopic (exact) mass is 264 g/mol. The summed E-state index contributed by atoms with van der Waals surface area (Å²) < 4.78 is 41.2. The van der Waals surface area contributed by atoms with Crippen LogP contribution in [0.5, 0.6) is 0 Å². The summed E-state index contributed by atoms with van der Waals surface area (Å²) in [6.07, 6.45) is -3.86. The molecule has 100 valence electrons. The van der Waals surface area contributed by atoms with Gasteiger partial charge in [-0.25, -0.2) is 4.79 Å². The maximum absolute atomic E-state index is 11.8. The van der Waals surface area contributed by atoms with Crippen LogP contribution >= 0.6 is 0 Å². The summed E-state index contributed by atoms with van der Waals surface area (Å²) in [6, 6.07) is 0. The fourth-order valence-corrected chi connectivity index (χ4v) is 1.69. The second-order valence-electron chi connectivity index (χ2n) is 3.83. The first kappa shape index (κ1) is 12.7. The Balaban J connectivity index is 1.79. The summed E-state index contributed by atoms with van der Waals surface area (Å²) >= 11 is 0. The van der Waals surface area contributed by atoms with Crippen LogP contribution in [0.2, 0.25) is 0 Å². The number of halogens is 3. The van der Waals surface area contributed by atoms with Crippen LogP contribution in [-0.4, -0.2) is 33.6 Å². The average Bonchev–Trinajstić information content (AvgIpc) is 2.85. The van der Waals surface area contributed by atoms with Crippen molar-refractivity contribution in [2.75, 3.05) is 6.61 Å². The van der Waals surface area contributed by atoms with Gasteiger partial charge in [0.2, 0.25) is 0 Å². The molecule has 0 unspecified atom stereocenters. The number of alkyl halides is 3. The number of nitrogens with zero attached hydrogens (tertiary/aromatic N) is 3. The molecule has 2 heterocycles. The smallest absolute Gasteiger partial charge is 0.422 e. The lowest BCUT2D eigenvalue weighted by atomic mass is 10.4. The molecular weight excluding hydrogens is 253 g/mol. The average molecular weight is 264 g/mol. The Hall–Kier alpha value is -1.80. The zero-order chi connectivity index (χ0) is 13.2. The van der Waals surface area contributed by atoms with Gasteiger partial charge in [-0.05, 0) is 6.42 Å². The van der Waals surface area contributed by atoms with Gasteiger partial charge in [0.05, 0.1) is 6.54 Å². The number of aromatic nitrogens is 3. The Morgan fingerprint density at radius 2 is 2.22 bits per heavy atom. The molecule has 1 N–H and O–H groups in total. The number of ether oxygens (including phenoxy) is 1. The highest BCUT2D eigenvalue weighted by Gasteiger charge is 2.29. The number of carbonyl (C=O) groups excluding carboxylic acids is 1. The predicted molar refractivity (Wildman–Crippen MR) is 52.6 cm³/mol. The number of amides is 1. The van der Waals surface area contributed by atoms with E-state index in [1.807, 2.05) is 4.57 Å². The molecule has 0 spiro atoms. The van der Waals surface area contributed by atoms with Crippen molar-refractivity contribution in [1.82, 2.24) is 20.1 Å². The molecule has 0 bridgehead atoms. The number of rotatable bonds is 3. The number of fused-ring (bicyclic) bond motifs is 1. The van der Waals surface area contributed by atoms with Crippen LogP contribution in [0.1, 0.15) is 18.1 Å². The van der Waals surface area contributed by atoms with Crippen molar-refractivity contribution in [3.63, 3.8) is 0 Å². The van der Waals surface area contributed by atoms with Crippen LogP contribution in [0.15, 0.2) is 0 Å². The molecule has 0 radical (unpaired) electrons. The molecule has 0 fully saturated rings. The number of carbonyl (C=O) groups is 1. The Morgan fingerprint density at radius 3 is 2.94 bits per heavy atom. The van der Waals surface area contributed by atoms with E-state index in [4.69, 9.17) is 0 Å². The number of hydrogen-bond donors (Lipinski definition) is 1. The highest BCUT2D eigenvalue weighted by atomic mass is 19.4. The third-order valence-electron chi connectivity index (χ3n) is 2.44. The van der Waals surface area contributed by atoms with E-state index in [1.54, 1.807) is 0 Å². The van der Waals surface area contributed by atoms with Gasteiger partial charge < -0.3 is 14.6 Å². The molecule has 1 aromatic rings. The number of alkyl carbamates (subject to hydrolysis) is 1. The molecule has 9 heteroatoms. The third-order valence-corrected chi connectivity index (χ3v) is 2.44. The van der Waals surface area contributed by atoms with Gasteiger partial charge in [0, 0.05) is 13.0 Å². The minimum Gasteiger partial charge on any atom is -0.440 e. The lowest BCUT2D eigenvalue weighted by Gasteiger charge is -2.09. The molecule has 18 heavy (non-hydrogen) atoms. The second kappa shape index (κ2) is 4.83. The Bertz CT molecular complexity index is 444. The normalized spacial score (nSPS) is 14.4. The zero-order valence-electron chi connectivity index (χ0n) is 9.33. The maximum atomic E-state index is 11.8. The molecule has 0 saturated carbocycles. The van der Waals surface area contributed by atoms with E-state index in [1.165, 1.54) is 0 Å². The molecule has 1 aromatic heterocycles. The van der Waals surface area contributed by atoms with E-state index in [0.717, 1.165) is 25.2 Å². The van der Waals surface area contributed by atoms with E-state index in [9.17, 15) is 18.0 Å². The first-order valence-electron chi connectivity index (χ1n) is 5.34. The van der Waals surface area contributed by atoms with E-state index >= 15 is 0 Å². The van der Waals surface area contributed by atoms with Crippen molar-refractivity contribution in [2.24, 2.45) is 0 Å². The fraction of sp³-hybridized carbons (Fsp3) is 0.667. The second-order valence-corrected chi connectivity index (χ2v) is 3.83. The highest BCUT2D eigenvalue weighted by molar-refractivity contribution is 5.67. The van der Waals surface area contributed by atoms with Crippen LogP contribution in [0.3, 0.4) is 0 Å². The summed E-state index contributed by atoms with van der Waals surface area (Å²) in [5, 5.41) is 9.94. The molecule has 1 aliphatic heterocycles. The summed E-state index contributed by atoms with van der Waals surface area (Å²) in [7, 11) is 0. The largest absolute Gasteiger partial charge is 0.440 e. The summed E-state index contributed by atoms with van der Waals surface area (Å²) in [5.74, 6) is 1.35. The standard InChI is InChI=1S/C9H11F3N4O2/c10-9(11,12)5-18-8(17)13-4-7-15-14-6-2-1-3-16(6)7/h1-5H2,(H,13,17). The van der Waals surface area contributed by atoms with Crippen molar-refractivity contribution in [3.05, 3.63) is 11.6 Å². The SMILES string of the molecule is O=C(NCc1nnc2n1CCC2)OCC(F)(F)F. The summed E-state index contributed by atoms with van der Waals surface area (Å²) in [5.41, 5.74) is 0. The zero-order valence-corrected chi connectivity index (χ0v) is 9.33. The predicted octanol–water partition coefficient (Wildman–Crippen LogP) is 1.01. The molecule has 0 aromatic carbocycles. The van der Waals surface area contributed by atoms with Gasteiger partial charge in [-0.15, -0.1) is 10.2 Å². The molecule has 2 rings (SSSR count). The first-order valence-corrected chi connectivity index (χ1v) is 5.34. The minimum atomic E-state index is -4.52. The van der Waals surface area contributed by atoms with E-state index in [2.05, 4.69) is 20.3 Å². The molecule has 1 aliphatic rings. The molecule has 0 aliphatic carbocycles. The van der Waals surface area contributed by atoms with Crippen LogP contribution in [-0.2, 0) is 24.2 Å². The molecule has 1 amide bonds. The van der Waals surface area contributed by atoms with Gasteiger partial charge in [-0.1, -0.05) is 0 Å². The number of nitrogens with one attached hydrogen (secondary N) is 1. The van der Waals surface area contributed by atoms with Gasteiger partial charge in [0.1, 0.15) is 5.82 Å². The van der Waals surface area contributed by atoms with Crippen molar-refractivity contribution < 1.29 is 22.7 Å². The summed E-state index contributed by atoms with van der Waals surface area (Å²) in [4.78, 5) is 11.0. The maximum Gasteiger partial charge on any atom is 0.422 e. The quantitative estimate of drug-likeness (QED) is 0.884. The van der Waals surface area contributed by atoms with E-state index in [0.29, 0.717) is 5.82 Å². The van der Waals surface area contributed by atoms with Gasteiger partial charge in [0.15, 0.2) is 12.4 Å². The summed E-state index contributed by atoms with van der Waals surface area (Å²) in [6.45, 7) is -0.836. The lowest BCUT2D eigenvalue weighted by molar-refractivity contribution is -0.160. The molecule has 0 saturated heterocycles. The molecule has 0 atom stereocenters.